The van der Waals surface area contributed by atoms with E-state index in [1.54, 1.807) is 0 Å². The molecule has 0 bridgehead atoms. The summed E-state index contributed by atoms with van der Waals surface area (Å²) in [5.74, 6) is 1.35. The van der Waals surface area contributed by atoms with Gasteiger partial charge in [0.05, 0.1) is 0 Å². The Labute approximate surface area is 114 Å². The lowest BCUT2D eigenvalue weighted by Gasteiger charge is -2.33. The van der Waals surface area contributed by atoms with Crippen molar-refractivity contribution in [2.75, 3.05) is 38.1 Å². The van der Waals surface area contributed by atoms with Crippen LogP contribution in [0, 0.1) is 11.6 Å². The van der Waals surface area contributed by atoms with E-state index < -0.39 is 0 Å². The molecule has 0 radical (unpaired) electrons. The minimum absolute atomic E-state index is 0.419. The van der Waals surface area contributed by atoms with Gasteiger partial charge in [-0.1, -0.05) is 26.1 Å². The van der Waals surface area contributed by atoms with Crippen LogP contribution in [0.5, 0.6) is 0 Å². The van der Waals surface area contributed by atoms with E-state index in [4.69, 9.17) is 12.2 Å². The summed E-state index contributed by atoms with van der Waals surface area (Å²) in [7, 11) is 2.15. The van der Waals surface area contributed by atoms with Gasteiger partial charge in [-0.3, -0.25) is 0 Å². The van der Waals surface area contributed by atoms with Crippen molar-refractivity contribution in [1.29, 1.82) is 0 Å². The Morgan fingerprint density at radius 1 is 1.22 bits per heavy atom. The molecule has 18 heavy (non-hydrogen) atoms. The Morgan fingerprint density at radius 3 is 2.33 bits per heavy atom. The first kappa shape index (κ1) is 13.5. The highest BCUT2D eigenvalue weighted by Crippen LogP contribution is 2.21. The van der Waals surface area contributed by atoms with Crippen LogP contribution in [0.4, 0.5) is 5.95 Å². The van der Waals surface area contributed by atoms with Gasteiger partial charge in [0.2, 0.25) is 5.95 Å². The molecule has 0 unspecified atom stereocenters. The summed E-state index contributed by atoms with van der Waals surface area (Å²) in [6.07, 6.45) is 0. The van der Waals surface area contributed by atoms with E-state index in [9.17, 15) is 0 Å². The Kier molecular flexibility index (Phi) is 4.02. The fraction of sp³-hybridized carbons (Fsp3) is 0.692. The molecule has 0 spiro atoms. The second kappa shape index (κ2) is 5.36. The lowest BCUT2D eigenvalue weighted by atomic mass is 10.0. The van der Waals surface area contributed by atoms with E-state index >= 15 is 0 Å². The van der Waals surface area contributed by atoms with E-state index in [-0.39, 0.29) is 0 Å². The largest absolute Gasteiger partial charge is 0.340 e. The van der Waals surface area contributed by atoms with Crippen molar-refractivity contribution in [2.24, 2.45) is 0 Å². The Morgan fingerprint density at radius 2 is 1.83 bits per heavy atom. The molecule has 0 amide bonds. The van der Waals surface area contributed by atoms with Gasteiger partial charge < -0.3 is 14.8 Å². The van der Waals surface area contributed by atoms with Crippen LogP contribution < -0.4 is 4.90 Å². The molecule has 1 aliphatic rings. The van der Waals surface area contributed by atoms with Crippen LogP contribution in [0.3, 0.4) is 0 Å². The van der Waals surface area contributed by atoms with Crippen LogP contribution in [-0.4, -0.2) is 48.1 Å². The Balaban J connectivity index is 2.28. The fourth-order valence-electron chi connectivity index (χ4n) is 2.43. The van der Waals surface area contributed by atoms with E-state index in [0.717, 1.165) is 42.5 Å². The molecule has 1 aromatic rings. The molecule has 1 saturated heterocycles. The summed E-state index contributed by atoms with van der Waals surface area (Å²) in [6, 6.07) is 0. The average molecular weight is 266 g/mol. The maximum absolute atomic E-state index is 5.43. The molecular formula is C13H22N4S. The van der Waals surface area contributed by atoms with Crippen LogP contribution in [0.15, 0.2) is 0 Å². The second-order valence-electron chi connectivity index (χ2n) is 5.35. The fourth-order valence-corrected chi connectivity index (χ4v) is 2.90. The number of rotatable bonds is 2. The molecule has 0 saturated carbocycles. The number of hydrogen-bond acceptors (Lipinski definition) is 4. The predicted octanol–water partition coefficient (Wildman–Crippen LogP) is 2.32. The molecule has 0 atom stereocenters. The number of likely N-dealkylation sites (N-methyl/N-ethyl adjacent to an activating group) is 1. The number of anilines is 1. The molecule has 2 heterocycles. The molecule has 100 valence electrons. The second-order valence-corrected chi connectivity index (χ2v) is 5.74. The highest BCUT2D eigenvalue weighted by atomic mass is 32.1. The minimum atomic E-state index is 0.419. The zero-order valence-corrected chi connectivity index (χ0v) is 12.5. The molecule has 1 N–H and O–H groups in total. The van der Waals surface area contributed by atoms with Gasteiger partial charge in [0.25, 0.3) is 0 Å². The molecule has 0 aliphatic carbocycles. The van der Waals surface area contributed by atoms with Gasteiger partial charge >= 0.3 is 0 Å². The van der Waals surface area contributed by atoms with Crippen molar-refractivity contribution in [3.63, 3.8) is 0 Å². The van der Waals surface area contributed by atoms with Crippen LogP contribution in [0.25, 0.3) is 0 Å². The number of nitrogens with zero attached hydrogens (tertiary/aromatic N) is 3. The van der Waals surface area contributed by atoms with Crippen LogP contribution in [0.2, 0.25) is 0 Å². The summed E-state index contributed by atoms with van der Waals surface area (Å²) in [5.41, 5.74) is 2.32. The summed E-state index contributed by atoms with van der Waals surface area (Å²) in [6.45, 7) is 10.6. The zero-order chi connectivity index (χ0) is 13.3. The molecule has 1 aromatic heterocycles. The first-order valence-corrected chi connectivity index (χ1v) is 6.94. The maximum atomic E-state index is 5.43. The van der Waals surface area contributed by atoms with Gasteiger partial charge in [-0.05, 0) is 19.9 Å². The number of piperazine rings is 1. The third-order valence-electron chi connectivity index (χ3n) is 3.52. The molecule has 1 aliphatic heterocycles. The predicted molar refractivity (Wildman–Crippen MR) is 78.0 cm³/mol. The van der Waals surface area contributed by atoms with Gasteiger partial charge in [-0.2, -0.15) is 0 Å². The van der Waals surface area contributed by atoms with Crippen molar-refractivity contribution >= 4 is 18.2 Å². The third kappa shape index (κ3) is 2.72. The van der Waals surface area contributed by atoms with Gasteiger partial charge in [-0.15, -0.1) is 0 Å². The molecule has 2 rings (SSSR count). The standard InChI is InChI=1S/C13H22N4S/c1-9(2)11-10(3)14-13(15-12(11)18)17-7-5-16(4)6-8-17/h9H,5-8H2,1-4H3,(H,14,15,18). The monoisotopic (exact) mass is 266 g/mol. The minimum Gasteiger partial charge on any atom is -0.340 e. The zero-order valence-electron chi connectivity index (χ0n) is 11.7. The number of aryl methyl sites for hydroxylation is 1. The van der Waals surface area contributed by atoms with Crippen LogP contribution in [0.1, 0.15) is 31.0 Å². The van der Waals surface area contributed by atoms with Crippen LogP contribution >= 0.6 is 12.2 Å². The maximum Gasteiger partial charge on any atom is 0.204 e. The lowest BCUT2D eigenvalue weighted by Crippen LogP contribution is -2.45. The van der Waals surface area contributed by atoms with Crippen molar-refractivity contribution in [3.05, 3.63) is 15.9 Å². The Hall–Kier alpha value is -0.940. The molecule has 1 fully saturated rings. The number of aromatic nitrogens is 2. The van der Waals surface area contributed by atoms with Crippen molar-refractivity contribution in [3.8, 4) is 0 Å². The molecule has 4 nitrogen and oxygen atoms in total. The highest BCUT2D eigenvalue weighted by Gasteiger charge is 2.17. The Bertz CT molecular complexity index is 472. The first-order chi connectivity index (χ1) is 8.49. The van der Waals surface area contributed by atoms with Crippen molar-refractivity contribution in [1.82, 2.24) is 14.9 Å². The number of H-pyrrole nitrogens is 1. The summed E-state index contributed by atoms with van der Waals surface area (Å²) in [5, 5.41) is 0. The van der Waals surface area contributed by atoms with Crippen molar-refractivity contribution < 1.29 is 0 Å². The summed E-state index contributed by atoms with van der Waals surface area (Å²) in [4.78, 5) is 12.6. The number of hydrogen-bond donors (Lipinski definition) is 1. The van der Waals surface area contributed by atoms with E-state index in [2.05, 4.69) is 47.6 Å². The van der Waals surface area contributed by atoms with Gasteiger partial charge in [0, 0.05) is 37.4 Å². The quantitative estimate of drug-likeness (QED) is 0.833. The van der Waals surface area contributed by atoms with Gasteiger partial charge in [0.1, 0.15) is 4.64 Å². The molecule has 0 aromatic carbocycles. The molecular weight excluding hydrogens is 244 g/mol. The van der Waals surface area contributed by atoms with E-state index in [1.165, 1.54) is 5.56 Å². The normalized spacial score (nSPS) is 17.5. The van der Waals surface area contributed by atoms with Crippen LogP contribution in [-0.2, 0) is 0 Å². The van der Waals surface area contributed by atoms with Crippen molar-refractivity contribution in [2.45, 2.75) is 26.7 Å². The third-order valence-corrected chi connectivity index (χ3v) is 3.83. The summed E-state index contributed by atoms with van der Waals surface area (Å²) < 4.78 is 0.746. The lowest BCUT2D eigenvalue weighted by molar-refractivity contribution is 0.311. The number of nitrogens with one attached hydrogen (secondary N) is 1. The number of aromatic amines is 1. The van der Waals surface area contributed by atoms with Gasteiger partial charge in [0.15, 0.2) is 0 Å². The smallest absolute Gasteiger partial charge is 0.204 e. The SMILES string of the molecule is Cc1[nH]c(N2CCN(C)CC2)nc(=S)c1C(C)C. The van der Waals surface area contributed by atoms with E-state index in [1.807, 2.05) is 0 Å². The first-order valence-electron chi connectivity index (χ1n) is 6.53. The molecule has 5 heteroatoms. The van der Waals surface area contributed by atoms with Gasteiger partial charge in [-0.25, -0.2) is 4.98 Å². The average Bonchev–Trinajstić information content (AvgIpc) is 2.28. The van der Waals surface area contributed by atoms with E-state index in [0.29, 0.717) is 5.92 Å². The summed E-state index contributed by atoms with van der Waals surface area (Å²) >= 11 is 5.43. The highest BCUT2D eigenvalue weighted by molar-refractivity contribution is 7.71. The topological polar surface area (TPSA) is 35.2 Å².